The minimum atomic E-state index is -3.51. The molecule has 0 radical (unpaired) electrons. The van der Waals surface area contributed by atoms with Crippen molar-refractivity contribution in [1.29, 1.82) is 0 Å². The summed E-state index contributed by atoms with van der Waals surface area (Å²) in [6.07, 6.45) is 3.96. The number of ether oxygens (including phenoxy) is 1. The summed E-state index contributed by atoms with van der Waals surface area (Å²) in [6.45, 7) is 2.47. The topological polar surface area (TPSA) is 75.9 Å². The maximum absolute atomic E-state index is 12.3. The molecule has 0 fully saturated rings. The monoisotopic (exact) mass is 374 g/mol. The highest BCUT2D eigenvalue weighted by Crippen LogP contribution is 2.28. The number of pyridine rings is 1. The van der Waals surface area contributed by atoms with E-state index in [1.165, 1.54) is 24.5 Å². The Labute approximate surface area is 153 Å². The molecule has 3 aromatic rings. The Kier molecular flexibility index (Phi) is 4.88. The van der Waals surface area contributed by atoms with Gasteiger partial charge in [-0.1, -0.05) is 6.07 Å². The smallest absolute Gasteiger partial charge is 0.242 e. The van der Waals surface area contributed by atoms with Crippen molar-refractivity contribution in [3.63, 3.8) is 0 Å². The number of anilines is 1. The van der Waals surface area contributed by atoms with Gasteiger partial charge in [-0.15, -0.1) is 0 Å². The van der Waals surface area contributed by atoms with E-state index in [1.807, 2.05) is 35.9 Å². The van der Waals surface area contributed by atoms with Gasteiger partial charge in [0.05, 0.1) is 29.9 Å². The second-order valence-electron chi connectivity index (χ2n) is 6.21. The standard InChI is InChI=1S/C18H22N4O3S/c1-13-5-8-18-20-14(12-22(18)11-13)10-19-16-9-15(6-7-17(16)25-4)26(23,24)21(2)3/h5-9,11-12,19H,10H2,1-4H3. The van der Waals surface area contributed by atoms with Crippen molar-refractivity contribution < 1.29 is 13.2 Å². The highest BCUT2D eigenvalue weighted by Gasteiger charge is 2.19. The molecule has 1 N–H and O–H groups in total. The van der Waals surface area contributed by atoms with Gasteiger partial charge in [0.25, 0.3) is 0 Å². The molecule has 0 atom stereocenters. The van der Waals surface area contributed by atoms with Crippen LogP contribution in [0, 0.1) is 6.92 Å². The van der Waals surface area contributed by atoms with Crippen molar-refractivity contribution in [2.45, 2.75) is 18.4 Å². The zero-order valence-corrected chi connectivity index (χ0v) is 16.0. The van der Waals surface area contributed by atoms with Crippen LogP contribution < -0.4 is 10.1 Å². The van der Waals surface area contributed by atoms with Gasteiger partial charge in [0, 0.05) is 26.5 Å². The zero-order chi connectivity index (χ0) is 18.9. The molecule has 26 heavy (non-hydrogen) atoms. The Morgan fingerprint density at radius 2 is 1.96 bits per heavy atom. The Hall–Kier alpha value is -2.58. The second kappa shape index (κ2) is 6.97. The van der Waals surface area contributed by atoms with E-state index in [9.17, 15) is 8.42 Å². The SMILES string of the molecule is COc1ccc(S(=O)(=O)N(C)C)cc1NCc1cn2cc(C)ccc2n1. The van der Waals surface area contributed by atoms with Crippen molar-refractivity contribution in [1.82, 2.24) is 13.7 Å². The molecule has 3 rings (SSSR count). The summed E-state index contributed by atoms with van der Waals surface area (Å²) in [5.41, 5.74) is 3.46. The van der Waals surface area contributed by atoms with E-state index in [0.29, 0.717) is 18.0 Å². The van der Waals surface area contributed by atoms with E-state index in [4.69, 9.17) is 4.74 Å². The predicted octanol–water partition coefficient (Wildman–Crippen LogP) is 2.51. The van der Waals surface area contributed by atoms with Gasteiger partial charge in [-0.2, -0.15) is 0 Å². The minimum absolute atomic E-state index is 0.205. The second-order valence-corrected chi connectivity index (χ2v) is 8.36. The van der Waals surface area contributed by atoms with Gasteiger partial charge in [0.2, 0.25) is 10.0 Å². The molecule has 0 saturated heterocycles. The number of nitrogens with one attached hydrogen (secondary N) is 1. The summed E-state index contributed by atoms with van der Waals surface area (Å²) < 4.78 is 33.2. The number of fused-ring (bicyclic) bond motifs is 1. The number of aromatic nitrogens is 2. The van der Waals surface area contributed by atoms with E-state index >= 15 is 0 Å². The normalized spacial score (nSPS) is 11.9. The van der Waals surface area contributed by atoms with Crippen molar-refractivity contribution in [2.24, 2.45) is 0 Å². The number of hydrogen-bond acceptors (Lipinski definition) is 5. The Morgan fingerprint density at radius 3 is 2.65 bits per heavy atom. The number of methoxy groups -OCH3 is 1. The molecule has 0 aliphatic heterocycles. The van der Waals surface area contributed by atoms with E-state index in [0.717, 1.165) is 16.9 Å². The fourth-order valence-corrected chi connectivity index (χ4v) is 3.55. The molecular formula is C18H22N4O3S. The molecule has 0 aliphatic rings. The van der Waals surface area contributed by atoms with E-state index in [-0.39, 0.29) is 4.90 Å². The lowest BCUT2D eigenvalue weighted by Crippen LogP contribution is -2.22. The number of nitrogens with zero attached hydrogens (tertiary/aromatic N) is 3. The fraction of sp³-hybridized carbons (Fsp3) is 0.278. The van der Waals surface area contributed by atoms with Gasteiger partial charge in [0.1, 0.15) is 11.4 Å². The molecular weight excluding hydrogens is 352 g/mol. The van der Waals surface area contributed by atoms with Crippen molar-refractivity contribution in [2.75, 3.05) is 26.5 Å². The fourth-order valence-electron chi connectivity index (χ4n) is 2.62. The summed E-state index contributed by atoms with van der Waals surface area (Å²) in [4.78, 5) is 4.76. The number of benzene rings is 1. The number of imidazole rings is 1. The van der Waals surface area contributed by atoms with Crippen LogP contribution in [0.1, 0.15) is 11.3 Å². The summed E-state index contributed by atoms with van der Waals surface area (Å²) >= 11 is 0. The van der Waals surface area contributed by atoms with Crippen LogP contribution in [0.2, 0.25) is 0 Å². The highest BCUT2D eigenvalue weighted by molar-refractivity contribution is 7.89. The molecule has 0 spiro atoms. The van der Waals surface area contributed by atoms with Gasteiger partial charge < -0.3 is 14.5 Å². The van der Waals surface area contributed by atoms with Gasteiger partial charge >= 0.3 is 0 Å². The first-order valence-corrected chi connectivity index (χ1v) is 9.54. The lowest BCUT2D eigenvalue weighted by atomic mass is 10.3. The molecule has 8 heteroatoms. The number of aryl methyl sites for hydroxylation is 1. The van der Waals surface area contributed by atoms with Crippen molar-refractivity contribution in [3.8, 4) is 5.75 Å². The number of hydrogen-bond donors (Lipinski definition) is 1. The summed E-state index contributed by atoms with van der Waals surface area (Å²) in [5, 5.41) is 3.22. The lowest BCUT2D eigenvalue weighted by Gasteiger charge is -2.15. The Balaban J connectivity index is 1.88. The highest BCUT2D eigenvalue weighted by atomic mass is 32.2. The first-order chi connectivity index (χ1) is 12.3. The van der Waals surface area contributed by atoms with Crippen molar-refractivity contribution in [3.05, 3.63) is 54.0 Å². The van der Waals surface area contributed by atoms with Gasteiger partial charge in [-0.25, -0.2) is 17.7 Å². The molecule has 2 heterocycles. The number of sulfonamides is 1. The van der Waals surface area contributed by atoms with Gasteiger partial charge in [-0.3, -0.25) is 0 Å². The molecule has 0 saturated carbocycles. The lowest BCUT2D eigenvalue weighted by molar-refractivity contribution is 0.416. The third-order valence-electron chi connectivity index (χ3n) is 4.06. The summed E-state index contributed by atoms with van der Waals surface area (Å²) in [5.74, 6) is 0.572. The Morgan fingerprint density at radius 1 is 1.19 bits per heavy atom. The van der Waals surface area contributed by atoms with Crippen LogP contribution in [0.4, 0.5) is 5.69 Å². The molecule has 0 amide bonds. The van der Waals surface area contributed by atoms with Crippen LogP contribution in [0.3, 0.4) is 0 Å². The average molecular weight is 374 g/mol. The van der Waals surface area contributed by atoms with Crippen LogP contribution in [0.15, 0.2) is 47.6 Å². The third-order valence-corrected chi connectivity index (χ3v) is 5.87. The molecule has 2 aromatic heterocycles. The average Bonchev–Trinajstić information content (AvgIpc) is 3.01. The quantitative estimate of drug-likeness (QED) is 0.717. The Bertz CT molecular complexity index is 1040. The van der Waals surface area contributed by atoms with Crippen LogP contribution in [-0.2, 0) is 16.6 Å². The van der Waals surface area contributed by atoms with E-state index in [2.05, 4.69) is 10.3 Å². The van der Waals surface area contributed by atoms with Crippen LogP contribution in [0.25, 0.3) is 5.65 Å². The molecule has 138 valence electrons. The maximum Gasteiger partial charge on any atom is 0.242 e. The van der Waals surface area contributed by atoms with Crippen LogP contribution in [0.5, 0.6) is 5.75 Å². The van der Waals surface area contributed by atoms with Crippen molar-refractivity contribution >= 4 is 21.4 Å². The molecule has 7 nitrogen and oxygen atoms in total. The van der Waals surface area contributed by atoms with Gasteiger partial charge in [-0.05, 0) is 36.8 Å². The zero-order valence-electron chi connectivity index (χ0n) is 15.2. The third kappa shape index (κ3) is 3.51. The largest absolute Gasteiger partial charge is 0.495 e. The molecule has 0 aliphatic carbocycles. The van der Waals surface area contributed by atoms with Crippen LogP contribution >= 0.6 is 0 Å². The molecule has 0 bridgehead atoms. The summed E-state index contributed by atoms with van der Waals surface area (Å²) in [7, 11) is 1.05. The molecule has 1 aromatic carbocycles. The van der Waals surface area contributed by atoms with Gasteiger partial charge in [0.15, 0.2) is 0 Å². The molecule has 0 unspecified atom stereocenters. The van der Waals surface area contributed by atoms with E-state index in [1.54, 1.807) is 19.2 Å². The minimum Gasteiger partial charge on any atom is -0.495 e. The first kappa shape index (κ1) is 18.2. The first-order valence-electron chi connectivity index (χ1n) is 8.10. The number of rotatable bonds is 6. The van der Waals surface area contributed by atoms with E-state index < -0.39 is 10.0 Å². The predicted molar refractivity (Wildman–Crippen MR) is 101 cm³/mol. The summed E-state index contributed by atoms with van der Waals surface area (Å²) in [6, 6.07) is 8.73. The van der Waals surface area contributed by atoms with Crippen LogP contribution in [-0.4, -0.2) is 43.3 Å². The maximum atomic E-state index is 12.3.